The Balaban J connectivity index is 2.11. The Hall–Kier alpha value is -0.570. The van der Waals surface area contributed by atoms with Crippen molar-refractivity contribution in [3.8, 4) is 0 Å². The van der Waals surface area contributed by atoms with Gasteiger partial charge in [0.1, 0.15) is 0 Å². The number of piperazine rings is 1. The van der Waals surface area contributed by atoms with Gasteiger partial charge in [-0.3, -0.25) is 4.90 Å². The first-order valence-corrected chi connectivity index (χ1v) is 7.24. The Kier molecular flexibility index (Phi) is 4.66. The highest BCUT2D eigenvalue weighted by molar-refractivity contribution is 6.30. The summed E-state index contributed by atoms with van der Waals surface area (Å²) in [6.45, 7) is 9.04. The molecule has 3 atom stereocenters. The van der Waals surface area contributed by atoms with Crippen LogP contribution in [0.4, 0.5) is 0 Å². The minimum atomic E-state index is 0.452. The fourth-order valence-corrected chi connectivity index (χ4v) is 2.83. The van der Waals surface area contributed by atoms with Gasteiger partial charge in [-0.1, -0.05) is 30.7 Å². The Labute approximate surface area is 115 Å². The van der Waals surface area contributed by atoms with E-state index in [1.807, 2.05) is 12.1 Å². The second kappa shape index (κ2) is 6.05. The van der Waals surface area contributed by atoms with E-state index in [1.165, 1.54) is 12.0 Å². The van der Waals surface area contributed by atoms with E-state index in [2.05, 4.69) is 43.1 Å². The summed E-state index contributed by atoms with van der Waals surface area (Å²) in [5.41, 5.74) is 1.35. The highest BCUT2D eigenvalue weighted by Gasteiger charge is 2.28. The molecule has 18 heavy (non-hydrogen) atoms. The molecule has 1 N–H and O–H groups in total. The molecule has 0 radical (unpaired) electrons. The molecule has 3 unspecified atom stereocenters. The van der Waals surface area contributed by atoms with Crippen molar-refractivity contribution in [1.82, 2.24) is 10.2 Å². The molecular formula is C15H23ClN2. The van der Waals surface area contributed by atoms with E-state index in [0.29, 0.717) is 18.1 Å². The summed E-state index contributed by atoms with van der Waals surface area (Å²) in [6.07, 6.45) is 1.19. The molecule has 0 spiro atoms. The molecule has 1 heterocycles. The van der Waals surface area contributed by atoms with Crippen molar-refractivity contribution in [3.63, 3.8) is 0 Å². The SMILES string of the molecule is CCC1CN(C(C)c2ccc(Cl)cc2)C(C)CN1. The molecule has 1 fully saturated rings. The van der Waals surface area contributed by atoms with Crippen molar-refractivity contribution < 1.29 is 0 Å². The molecule has 1 saturated heterocycles. The second-order valence-corrected chi connectivity index (χ2v) is 5.72. The molecule has 1 aliphatic rings. The van der Waals surface area contributed by atoms with Gasteiger partial charge in [-0.2, -0.15) is 0 Å². The summed E-state index contributed by atoms with van der Waals surface area (Å²) in [5.74, 6) is 0. The molecule has 2 nitrogen and oxygen atoms in total. The molecule has 1 aromatic rings. The van der Waals surface area contributed by atoms with Gasteiger partial charge in [0.15, 0.2) is 0 Å². The number of hydrogen-bond donors (Lipinski definition) is 1. The number of nitrogens with zero attached hydrogens (tertiary/aromatic N) is 1. The second-order valence-electron chi connectivity index (χ2n) is 5.29. The maximum atomic E-state index is 5.95. The first kappa shape index (κ1) is 13.9. The van der Waals surface area contributed by atoms with Gasteiger partial charge in [-0.05, 0) is 38.0 Å². The first-order chi connectivity index (χ1) is 8.61. The van der Waals surface area contributed by atoms with Gasteiger partial charge in [0.25, 0.3) is 0 Å². The van der Waals surface area contributed by atoms with Crippen molar-refractivity contribution in [2.45, 2.75) is 45.3 Å². The number of rotatable bonds is 3. The van der Waals surface area contributed by atoms with Crippen molar-refractivity contribution in [2.75, 3.05) is 13.1 Å². The fourth-order valence-electron chi connectivity index (χ4n) is 2.70. The molecule has 3 heteroatoms. The number of nitrogens with one attached hydrogen (secondary N) is 1. The predicted octanol–water partition coefficient (Wildman–Crippen LogP) is 3.47. The van der Waals surface area contributed by atoms with Crippen molar-refractivity contribution in [1.29, 1.82) is 0 Å². The number of benzene rings is 1. The van der Waals surface area contributed by atoms with Gasteiger partial charge in [0, 0.05) is 36.2 Å². The summed E-state index contributed by atoms with van der Waals surface area (Å²) < 4.78 is 0. The summed E-state index contributed by atoms with van der Waals surface area (Å²) in [4.78, 5) is 2.59. The minimum absolute atomic E-state index is 0.452. The van der Waals surface area contributed by atoms with E-state index in [9.17, 15) is 0 Å². The van der Waals surface area contributed by atoms with E-state index in [4.69, 9.17) is 11.6 Å². The molecule has 0 bridgehead atoms. The lowest BCUT2D eigenvalue weighted by Gasteiger charge is -2.42. The van der Waals surface area contributed by atoms with Crippen LogP contribution in [0.5, 0.6) is 0 Å². The van der Waals surface area contributed by atoms with Crippen LogP contribution in [0.2, 0.25) is 5.02 Å². The standard InChI is InChI=1S/C15H23ClN2/c1-4-15-10-18(11(2)9-17-15)12(3)13-5-7-14(16)8-6-13/h5-8,11-12,15,17H,4,9-10H2,1-3H3. The molecular weight excluding hydrogens is 244 g/mol. The van der Waals surface area contributed by atoms with Crippen LogP contribution in [0.1, 0.15) is 38.8 Å². The monoisotopic (exact) mass is 266 g/mol. The van der Waals surface area contributed by atoms with Crippen LogP contribution in [-0.2, 0) is 0 Å². The third kappa shape index (κ3) is 3.05. The largest absolute Gasteiger partial charge is 0.311 e. The molecule has 1 aliphatic heterocycles. The molecule has 0 aliphatic carbocycles. The van der Waals surface area contributed by atoms with Gasteiger partial charge < -0.3 is 5.32 Å². The molecule has 0 amide bonds. The summed E-state index contributed by atoms with van der Waals surface area (Å²) in [6, 6.07) is 9.91. The third-order valence-corrected chi connectivity index (χ3v) is 4.29. The highest BCUT2D eigenvalue weighted by Crippen LogP contribution is 2.25. The van der Waals surface area contributed by atoms with Crippen LogP contribution < -0.4 is 5.32 Å². The zero-order valence-electron chi connectivity index (χ0n) is 11.5. The van der Waals surface area contributed by atoms with Gasteiger partial charge in [-0.25, -0.2) is 0 Å². The molecule has 100 valence electrons. The van der Waals surface area contributed by atoms with E-state index in [0.717, 1.165) is 18.1 Å². The lowest BCUT2D eigenvalue weighted by Crippen LogP contribution is -2.55. The maximum Gasteiger partial charge on any atom is 0.0406 e. The molecule has 1 aromatic carbocycles. The van der Waals surface area contributed by atoms with E-state index < -0.39 is 0 Å². The Morgan fingerprint density at radius 2 is 2.06 bits per heavy atom. The van der Waals surface area contributed by atoms with E-state index in [-0.39, 0.29) is 0 Å². The molecule has 2 rings (SSSR count). The van der Waals surface area contributed by atoms with Crippen LogP contribution in [0, 0.1) is 0 Å². The van der Waals surface area contributed by atoms with Crippen LogP contribution >= 0.6 is 11.6 Å². The predicted molar refractivity (Wildman–Crippen MR) is 78.1 cm³/mol. The Morgan fingerprint density at radius 1 is 1.39 bits per heavy atom. The summed E-state index contributed by atoms with van der Waals surface area (Å²) in [7, 11) is 0. The Morgan fingerprint density at radius 3 is 2.67 bits per heavy atom. The number of halogens is 1. The van der Waals surface area contributed by atoms with Gasteiger partial charge in [-0.15, -0.1) is 0 Å². The third-order valence-electron chi connectivity index (χ3n) is 4.04. The van der Waals surface area contributed by atoms with Crippen LogP contribution in [0.3, 0.4) is 0 Å². The average molecular weight is 267 g/mol. The molecule has 0 saturated carbocycles. The fraction of sp³-hybridized carbons (Fsp3) is 0.600. The lowest BCUT2D eigenvalue weighted by atomic mass is 10.0. The van der Waals surface area contributed by atoms with Crippen molar-refractivity contribution in [2.24, 2.45) is 0 Å². The Bertz CT molecular complexity index is 377. The van der Waals surface area contributed by atoms with Crippen LogP contribution in [0.15, 0.2) is 24.3 Å². The van der Waals surface area contributed by atoms with Gasteiger partial charge in [0.2, 0.25) is 0 Å². The minimum Gasteiger partial charge on any atom is -0.311 e. The van der Waals surface area contributed by atoms with Gasteiger partial charge in [0.05, 0.1) is 0 Å². The topological polar surface area (TPSA) is 15.3 Å². The normalized spacial score (nSPS) is 27.1. The van der Waals surface area contributed by atoms with Crippen molar-refractivity contribution in [3.05, 3.63) is 34.9 Å². The van der Waals surface area contributed by atoms with E-state index >= 15 is 0 Å². The van der Waals surface area contributed by atoms with E-state index in [1.54, 1.807) is 0 Å². The van der Waals surface area contributed by atoms with Crippen molar-refractivity contribution >= 4 is 11.6 Å². The van der Waals surface area contributed by atoms with Crippen LogP contribution in [0.25, 0.3) is 0 Å². The quantitative estimate of drug-likeness (QED) is 0.901. The summed E-state index contributed by atoms with van der Waals surface area (Å²) >= 11 is 5.95. The zero-order valence-corrected chi connectivity index (χ0v) is 12.2. The molecule has 0 aromatic heterocycles. The average Bonchev–Trinajstić information content (AvgIpc) is 2.39. The summed E-state index contributed by atoms with van der Waals surface area (Å²) in [5, 5.41) is 4.41. The van der Waals surface area contributed by atoms with Crippen LogP contribution in [-0.4, -0.2) is 30.1 Å². The smallest absolute Gasteiger partial charge is 0.0406 e. The maximum absolute atomic E-state index is 5.95. The lowest BCUT2D eigenvalue weighted by molar-refractivity contribution is 0.0975. The highest BCUT2D eigenvalue weighted by atomic mass is 35.5. The number of hydrogen-bond acceptors (Lipinski definition) is 2. The van der Waals surface area contributed by atoms with Gasteiger partial charge >= 0.3 is 0 Å². The zero-order chi connectivity index (χ0) is 13.1. The first-order valence-electron chi connectivity index (χ1n) is 6.86.